The number of hydrogen-bond donors (Lipinski definition) is 1. The maximum absolute atomic E-state index is 14.7. The van der Waals surface area contributed by atoms with Crippen LogP contribution in [0.1, 0.15) is 15.9 Å². The number of non-ortho nitro benzene ring substituents is 1. The van der Waals surface area contributed by atoms with Crippen molar-refractivity contribution >= 4 is 17.3 Å². The molecule has 5 rings (SSSR count). The molecule has 0 saturated carbocycles. The number of nitro groups is 1. The summed E-state index contributed by atoms with van der Waals surface area (Å²) in [5.74, 6) is -1.20. The van der Waals surface area contributed by atoms with Crippen molar-refractivity contribution < 1.29 is 23.2 Å². The largest absolute Gasteiger partial charge is 0.457 e. The predicted molar refractivity (Wildman–Crippen MR) is 139 cm³/mol. The molecule has 0 radical (unpaired) electrons. The molecule has 4 aromatic carbocycles. The third kappa shape index (κ3) is 5.77. The summed E-state index contributed by atoms with van der Waals surface area (Å²) in [4.78, 5) is 27.4. The number of rotatable bonds is 8. The Balaban J connectivity index is 1.40. The van der Waals surface area contributed by atoms with Gasteiger partial charge in [-0.1, -0.05) is 30.3 Å². The molecule has 0 atom stereocenters. The molecule has 0 saturated heterocycles. The van der Waals surface area contributed by atoms with E-state index in [0.29, 0.717) is 16.9 Å². The summed E-state index contributed by atoms with van der Waals surface area (Å²) in [6.07, 6.45) is 0. The summed E-state index contributed by atoms with van der Waals surface area (Å²) < 4.78 is 35.0. The van der Waals surface area contributed by atoms with Gasteiger partial charge in [-0.15, -0.1) is 5.10 Å². The number of aromatic nitrogens is 3. The van der Waals surface area contributed by atoms with Crippen LogP contribution in [0.25, 0.3) is 17.1 Å². The Kier molecular flexibility index (Phi) is 7.04. The fourth-order valence-corrected chi connectivity index (χ4v) is 3.73. The Morgan fingerprint density at radius 1 is 0.949 bits per heavy atom. The van der Waals surface area contributed by atoms with E-state index in [2.05, 4.69) is 15.4 Å². The molecule has 0 aliphatic carbocycles. The lowest BCUT2D eigenvalue weighted by Crippen LogP contribution is -2.12. The average molecular weight is 527 g/mol. The van der Waals surface area contributed by atoms with Crippen LogP contribution < -0.4 is 10.1 Å². The first-order chi connectivity index (χ1) is 18.9. The van der Waals surface area contributed by atoms with Gasteiger partial charge in [-0.3, -0.25) is 14.9 Å². The Bertz CT molecular complexity index is 1650. The number of ether oxygens (including phenoxy) is 1. The zero-order valence-corrected chi connectivity index (χ0v) is 20.1. The molecule has 1 amide bonds. The highest BCUT2D eigenvalue weighted by molar-refractivity contribution is 6.04. The van der Waals surface area contributed by atoms with Crippen LogP contribution in [0.3, 0.4) is 0 Å². The zero-order chi connectivity index (χ0) is 27.4. The third-order valence-electron chi connectivity index (χ3n) is 5.67. The van der Waals surface area contributed by atoms with Crippen molar-refractivity contribution in [2.45, 2.75) is 6.61 Å². The standard InChI is InChI=1S/C28H19F2N5O4/c29-20-10-8-18(9-11-20)17-39-28-32-26(24-6-1-2-7-25(24)30)34(33-28)22-14-12-21(13-15-22)31-27(36)19-4-3-5-23(16-19)35(37)38/h1-16H,17H2,(H,31,36). The van der Waals surface area contributed by atoms with Gasteiger partial charge < -0.3 is 10.1 Å². The van der Waals surface area contributed by atoms with E-state index < -0.39 is 16.6 Å². The van der Waals surface area contributed by atoms with Crippen LogP contribution in [0.15, 0.2) is 97.1 Å². The SMILES string of the molecule is O=C(Nc1ccc(-n2nc(OCc3ccc(F)cc3)nc2-c2ccccc2F)cc1)c1cccc([N+](=O)[O-])c1. The minimum absolute atomic E-state index is 0.0133. The number of anilines is 1. The minimum atomic E-state index is -0.575. The molecule has 0 spiro atoms. The predicted octanol–water partition coefficient (Wildman–Crippen LogP) is 5.95. The molecule has 1 heterocycles. The van der Waals surface area contributed by atoms with Gasteiger partial charge in [0.05, 0.1) is 16.2 Å². The Morgan fingerprint density at radius 3 is 2.41 bits per heavy atom. The molecule has 194 valence electrons. The summed E-state index contributed by atoms with van der Waals surface area (Å²) in [7, 11) is 0. The summed E-state index contributed by atoms with van der Waals surface area (Å²) in [6.45, 7) is 0.0730. The van der Waals surface area contributed by atoms with Crippen LogP contribution in [0.4, 0.5) is 20.2 Å². The molecule has 39 heavy (non-hydrogen) atoms. The van der Waals surface area contributed by atoms with E-state index in [4.69, 9.17) is 4.74 Å². The van der Waals surface area contributed by atoms with Gasteiger partial charge in [0.25, 0.3) is 11.6 Å². The number of halogens is 2. The summed E-state index contributed by atoms with van der Waals surface area (Å²) in [6, 6.07) is 23.8. The first-order valence-corrected chi connectivity index (χ1v) is 11.6. The van der Waals surface area contributed by atoms with Crippen LogP contribution in [-0.2, 0) is 6.61 Å². The van der Waals surface area contributed by atoms with E-state index in [0.717, 1.165) is 0 Å². The van der Waals surface area contributed by atoms with Crippen LogP contribution >= 0.6 is 0 Å². The van der Waals surface area contributed by atoms with Crippen LogP contribution in [0.2, 0.25) is 0 Å². The van der Waals surface area contributed by atoms with Crippen molar-refractivity contribution in [1.29, 1.82) is 0 Å². The fraction of sp³-hybridized carbons (Fsp3) is 0.0357. The molecular formula is C28H19F2N5O4. The van der Waals surface area contributed by atoms with Gasteiger partial charge in [0, 0.05) is 23.4 Å². The van der Waals surface area contributed by atoms with Crippen molar-refractivity contribution in [3.05, 3.63) is 130 Å². The number of amides is 1. The number of carbonyl (C=O) groups excluding carboxylic acids is 1. The number of hydrogen-bond acceptors (Lipinski definition) is 6. The van der Waals surface area contributed by atoms with Crippen molar-refractivity contribution in [1.82, 2.24) is 14.8 Å². The molecule has 1 N–H and O–H groups in total. The molecule has 0 bridgehead atoms. The Labute approximate surface area is 220 Å². The molecule has 0 unspecified atom stereocenters. The van der Waals surface area contributed by atoms with E-state index in [1.54, 1.807) is 54.6 Å². The summed E-state index contributed by atoms with van der Waals surface area (Å²) in [5.41, 5.74) is 1.77. The molecule has 5 aromatic rings. The number of nitro benzene ring substituents is 1. The maximum Gasteiger partial charge on any atom is 0.336 e. The van der Waals surface area contributed by atoms with Gasteiger partial charge in [-0.2, -0.15) is 4.98 Å². The second-order valence-electron chi connectivity index (χ2n) is 8.33. The molecule has 0 aliphatic heterocycles. The van der Waals surface area contributed by atoms with Gasteiger partial charge in [0.2, 0.25) is 0 Å². The smallest absolute Gasteiger partial charge is 0.336 e. The lowest BCUT2D eigenvalue weighted by atomic mass is 10.2. The lowest BCUT2D eigenvalue weighted by Gasteiger charge is -2.09. The maximum atomic E-state index is 14.7. The molecule has 11 heteroatoms. The Morgan fingerprint density at radius 2 is 1.69 bits per heavy atom. The fourth-order valence-electron chi connectivity index (χ4n) is 3.73. The second kappa shape index (κ2) is 10.9. The van der Waals surface area contributed by atoms with Gasteiger partial charge in [0.1, 0.15) is 18.2 Å². The number of carbonyl (C=O) groups is 1. The summed E-state index contributed by atoms with van der Waals surface area (Å²) >= 11 is 0. The van der Waals surface area contributed by atoms with Gasteiger partial charge in [0.15, 0.2) is 5.82 Å². The molecule has 1 aromatic heterocycles. The lowest BCUT2D eigenvalue weighted by molar-refractivity contribution is -0.384. The highest BCUT2D eigenvalue weighted by Gasteiger charge is 2.18. The van der Waals surface area contributed by atoms with Crippen molar-refractivity contribution in [2.24, 2.45) is 0 Å². The third-order valence-corrected chi connectivity index (χ3v) is 5.67. The minimum Gasteiger partial charge on any atom is -0.457 e. The zero-order valence-electron chi connectivity index (χ0n) is 20.1. The molecular weight excluding hydrogens is 508 g/mol. The first kappa shape index (κ1) is 25.2. The van der Waals surface area contributed by atoms with Crippen molar-refractivity contribution in [3.63, 3.8) is 0 Å². The second-order valence-corrected chi connectivity index (χ2v) is 8.33. The molecule has 9 nitrogen and oxygen atoms in total. The number of nitrogens with zero attached hydrogens (tertiary/aromatic N) is 4. The van der Waals surface area contributed by atoms with Crippen LogP contribution in [-0.4, -0.2) is 25.6 Å². The molecule has 0 fully saturated rings. The van der Waals surface area contributed by atoms with E-state index in [1.165, 1.54) is 47.1 Å². The first-order valence-electron chi connectivity index (χ1n) is 11.6. The van der Waals surface area contributed by atoms with E-state index in [-0.39, 0.29) is 41.1 Å². The molecule has 0 aliphatic rings. The number of benzene rings is 4. The van der Waals surface area contributed by atoms with Crippen molar-refractivity contribution in [2.75, 3.05) is 5.32 Å². The van der Waals surface area contributed by atoms with Crippen LogP contribution in [0.5, 0.6) is 6.01 Å². The monoisotopic (exact) mass is 527 g/mol. The number of nitrogens with one attached hydrogen (secondary N) is 1. The highest BCUT2D eigenvalue weighted by atomic mass is 19.1. The van der Waals surface area contributed by atoms with Gasteiger partial charge in [-0.25, -0.2) is 13.5 Å². The van der Waals surface area contributed by atoms with Crippen molar-refractivity contribution in [3.8, 4) is 23.1 Å². The van der Waals surface area contributed by atoms with E-state index in [9.17, 15) is 23.7 Å². The van der Waals surface area contributed by atoms with Gasteiger partial charge >= 0.3 is 6.01 Å². The van der Waals surface area contributed by atoms with E-state index >= 15 is 0 Å². The average Bonchev–Trinajstić information content (AvgIpc) is 3.37. The highest BCUT2D eigenvalue weighted by Crippen LogP contribution is 2.27. The summed E-state index contributed by atoms with van der Waals surface area (Å²) in [5, 5.41) is 18.1. The van der Waals surface area contributed by atoms with E-state index in [1.807, 2.05) is 0 Å². The topological polar surface area (TPSA) is 112 Å². The quantitative estimate of drug-likeness (QED) is 0.197. The normalized spacial score (nSPS) is 10.7. The Hall–Kier alpha value is -5.45. The van der Waals surface area contributed by atoms with Crippen LogP contribution in [0, 0.1) is 21.7 Å². The van der Waals surface area contributed by atoms with Gasteiger partial charge in [-0.05, 0) is 60.2 Å².